The third kappa shape index (κ3) is 2.66. The highest BCUT2D eigenvalue weighted by Crippen LogP contribution is 2.45. The Hall–Kier alpha value is -1.86. The van der Waals surface area contributed by atoms with Crippen molar-refractivity contribution in [2.24, 2.45) is 0 Å². The molecule has 1 heterocycles. The van der Waals surface area contributed by atoms with E-state index >= 15 is 0 Å². The fraction of sp³-hybridized carbons (Fsp3) is 0.200. The predicted octanol–water partition coefficient (Wildman–Crippen LogP) is 6.51. The summed E-state index contributed by atoms with van der Waals surface area (Å²) in [5, 5.41) is 0. The maximum absolute atomic E-state index is 2.28. The molecule has 3 rings (SSSR count). The van der Waals surface area contributed by atoms with E-state index in [4.69, 9.17) is 0 Å². The smallest absolute Gasteiger partial charge is 0.0426 e. The maximum Gasteiger partial charge on any atom is 0.0426 e. The second-order valence-electron chi connectivity index (χ2n) is 5.68. The predicted molar refractivity (Wildman–Crippen MR) is 94.0 cm³/mol. The highest BCUT2D eigenvalue weighted by molar-refractivity contribution is 7.16. The zero-order chi connectivity index (χ0) is 14.8. The molecular formula is C20H20S. The Kier molecular flexibility index (Phi) is 3.94. The van der Waals surface area contributed by atoms with Gasteiger partial charge in [-0.3, -0.25) is 0 Å². The first-order valence-electron chi connectivity index (χ1n) is 7.42. The van der Waals surface area contributed by atoms with Gasteiger partial charge in [0.1, 0.15) is 0 Å². The third-order valence-electron chi connectivity index (χ3n) is 3.81. The van der Waals surface area contributed by atoms with Crippen LogP contribution in [0.1, 0.15) is 30.2 Å². The van der Waals surface area contributed by atoms with Crippen LogP contribution in [0.15, 0.2) is 60.7 Å². The molecule has 1 aromatic heterocycles. The summed E-state index contributed by atoms with van der Waals surface area (Å²) in [7, 11) is 0. The Morgan fingerprint density at radius 3 is 1.81 bits per heavy atom. The van der Waals surface area contributed by atoms with Crippen molar-refractivity contribution in [3.8, 4) is 21.6 Å². The first kappa shape index (κ1) is 14.1. The summed E-state index contributed by atoms with van der Waals surface area (Å²) in [6.45, 7) is 6.82. The van der Waals surface area contributed by atoms with Gasteiger partial charge in [-0.15, -0.1) is 11.3 Å². The lowest BCUT2D eigenvalue weighted by Crippen LogP contribution is -1.86. The monoisotopic (exact) mass is 292 g/mol. The first-order valence-corrected chi connectivity index (χ1v) is 8.24. The zero-order valence-electron chi connectivity index (χ0n) is 12.8. The summed E-state index contributed by atoms with van der Waals surface area (Å²) >= 11 is 1.94. The van der Waals surface area contributed by atoms with Crippen molar-refractivity contribution in [3.63, 3.8) is 0 Å². The lowest BCUT2D eigenvalue weighted by Gasteiger charge is -2.07. The molecule has 0 aliphatic heterocycles. The quantitative estimate of drug-likeness (QED) is 0.516. The Morgan fingerprint density at radius 1 is 0.762 bits per heavy atom. The van der Waals surface area contributed by atoms with E-state index in [-0.39, 0.29) is 0 Å². The van der Waals surface area contributed by atoms with Crippen LogP contribution >= 0.6 is 11.3 Å². The molecule has 21 heavy (non-hydrogen) atoms. The molecule has 0 saturated heterocycles. The van der Waals surface area contributed by atoms with Crippen molar-refractivity contribution >= 4 is 11.3 Å². The van der Waals surface area contributed by atoms with E-state index in [9.17, 15) is 0 Å². The summed E-state index contributed by atoms with van der Waals surface area (Å²) in [6.07, 6.45) is 0. The lowest BCUT2D eigenvalue weighted by molar-refractivity contribution is 0.881. The lowest BCUT2D eigenvalue weighted by atomic mass is 9.96. The summed E-state index contributed by atoms with van der Waals surface area (Å²) in [6, 6.07) is 21.5. The van der Waals surface area contributed by atoms with Gasteiger partial charge in [-0.25, -0.2) is 0 Å². The van der Waals surface area contributed by atoms with Crippen molar-refractivity contribution in [1.82, 2.24) is 0 Å². The average molecular weight is 292 g/mol. The number of benzene rings is 2. The zero-order valence-corrected chi connectivity index (χ0v) is 13.6. The molecule has 2 aromatic carbocycles. The molecule has 0 radical (unpaired) electrons. The van der Waals surface area contributed by atoms with Gasteiger partial charge in [0.15, 0.2) is 0 Å². The van der Waals surface area contributed by atoms with Crippen LogP contribution in [-0.4, -0.2) is 0 Å². The molecule has 0 bridgehead atoms. The van der Waals surface area contributed by atoms with E-state index in [1.165, 1.54) is 32.0 Å². The van der Waals surface area contributed by atoms with Gasteiger partial charge in [0.05, 0.1) is 0 Å². The maximum atomic E-state index is 2.28. The number of hydrogen-bond acceptors (Lipinski definition) is 1. The molecule has 0 unspecified atom stereocenters. The van der Waals surface area contributed by atoms with Crippen molar-refractivity contribution < 1.29 is 0 Å². The Labute approximate surface area is 131 Å². The average Bonchev–Trinajstić information content (AvgIpc) is 2.87. The Bertz CT molecular complexity index is 721. The molecule has 1 heteroatoms. The summed E-state index contributed by atoms with van der Waals surface area (Å²) in [5.74, 6) is 0.565. The second-order valence-corrected chi connectivity index (χ2v) is 6.73. The molecule has 0 atom stereocenters. The molecule has 3 aromatic rings. The van der Waals surface area contributed by atoms with Gasteiger partial charge in [-0.05, 0) is 29.5 Å². The van der Waals surface area contributed by atoms with Crippen LogP contribution < -0.4 is 0 Å². The van der Waals surface area contributed by atoms with Crippen LogP contribution in [0.4, 0.5) is 0 Å². The van der Waals surface area contributed by atoms with Gasteiger partial charge in [-0.2, -0.15) is 0 Å². The topological polar surface area (TPSA) is 0 Å². The highest BCUT2D eigenvalue weighted by Gasteiger charge is 2.19. The summed E-state index contributed by atoms with van der Waals surface area (Å²) in [5.41, 5.74) is 5.46. The van der Waals surface area contributed by atoms with Crippen LogP contribution in [0.3, 0.4) is 0 Å². The van der Waals surface area contributed by atoms with Crippen LogP contribution in [0.5, 0.6) is 0 Å². The fourth-order valence-electron chi connectivity index (χ4n) is 2.83. The molecule has 0 fully saturated rings. The van der Waals surface area contributed by atoms with E-state index < -0.39 is 0 Å². The molecular weight excluding hydrogens is 272 g/mol. The van der Waals surface area contributed by atoms with Crippen molar-refractivity contribution in [1.29, 1.82) is 0 Å². The SMILES string of the molecule is Cc1c(C(C)C)sc(-c2ccccc2)c1-c1ccccc1. The number of thiophene rings is 1. The van der Waals surface area contributed by atoms with Crippen molar-refractivity contribution in [3.05, 3.63) is 71.1 Å². The van der Waals surface area contributed by atoms with E-state index in [1.807, 2.05) is 11.3 Å². The van der Waals surface area contributed by atoms with Gasteiger partial charge >= 0.3 is 0 Å². The molecule has 0 nitrogen and oxygen atoms in total. The van der Waals surface area contributed by atoms with Crippen molar-refractivity contribution in [2.75, 3.05) is 0 Å². The molecule has 0 saturated carbocycles. The summed E-state index contributed by atoms with van der Waals surface area (Å²) in [4.78, 5) is 2.88. The molecule has 0 amide bonds. The van der Waals surface area contributed by atoms with E-state index in [0.717, 1.165) is 0 Å². The van der Waals surface area contributed by atoms with Crippen LogP contribution in [0, 0.1) is 6.92 Å². The van der Waals surface area contributed by atoms with Gasteiger partial charge < -0.3 is 0 Å². The van der Waals surface area contributed by atoms with Gasteiger partial charge in [0.2, 0.25) is 0 Å². The Balaban J connectivity index is 2.26. The molecule has 0 N–H and O–H groups in total. The minimum atomic E-state index is 0.565. The minimum Gasteiger partial charge on any atom is -0.139 e. The number of rotatable bonds is 3. The van der Waals surface area contributed by atoms with Crippen LogP contribution in [0.25, 0.3) is 21.6 Å². The molecule has 0 aliphatic rings. The van der Waals surface area contributed by atoms with E-state index in [1.54, 1.807) is 0 Å². The van der Waals surface area contributed by atoms with Gasteiger partial charge in [-0.1, -0.05) is 74.5 Å². The minimum absolute atomic E-state index is 0.565. The van der Waals surface area contributed by atoms with E-state index in [0.29, 0.717) is 5.92 Å². The molecule has 0 spiro atoms. The van der Waals surface area contributed by atoms with Crippen LogP contribution in [0.2, 0.25) is 0 Å². The Morgan fingerprint density at radius 2 is 1.29 bits per heavy atom. The van der Waals surface area contributed by atoms with E-state index in [2.05, 4.69) is 81.4 Å². The number of hydrogen-bond donors (Lipinski definition) is 0. The fourth-order valence-corrected chi connectivity index (χ4v) is 4.16. The van der Waals surface area contributed by atoms with Crippen molar-refractivity contribution in [2.45, 2.75) is 26.7 Å². The standard InChI is InChI=1S/C20H20S/c1-14(2)19-15(3)18(16-10-6-4-7-11-16)20(21-19)17-12-8-5-9-13-17/h4-14H,1-3H3. The first-order chi connectivity index (χ1) is 10.2. The molecule has 106 valence electrons. The normalized spacial score (nSPS) is 11.0. The highest BCUT2D eigenvalue weighted by atomic mass is 32.1. The summed E-state index contributed by atoms with van der Waals surface area (Å²) < 4.78 is 0. The third-order valence-corrected chi connectivity index (χ3v) is 5.45. The van der Waals surface area contributed by atoms with Crippen LogP contribution in [-0.2, 0) is 0 Å². The van der Waals surface area contributed by atoms with Gasteiger partial charge in [0.25, 0.3) is 0 Å². The largest absolute Gasteiger partial charge is 0.139 e. The van der Waals surface area contributed by atoms with Gasteiger partial charge in [0, 0.05) is 15.3 Å². The second kappa shape index (κ2) is 5.87. The molecule has 0 aliphatic carbocycles.